The van der Waals surface area contributed by atoms with Crippen molar-refractivity contribution in [2.24, 2.45) is 0 Å². The lowest BCUT2D eigenvalue weighted by Crippen LogP contribution is -2.47. The van der Waals surface area contributed by atoms with E-state index in [1.165, 1.54) is 16.8 Å². The number of aryl methyl sites for hydroxylation is 2. The van der Waals surface area contributed by atoms with Crippen LogP contribution in [-0.2, 0) is 0 Å². The van der Waals surface area contributed by atoms with Gasteiger partial charge in [0.2, 0.25) is 11.9 Å². The lowest BCUT2D eigenvalue weighted by molar-refractivity contribution is 0.637. The number of hydrogen-bond donors (Lipinski definition) is 0. The predicted molar refractivity (Wildman–Crippen MR) is 129 cm³/mol. The van der Waals surface area contributed by atoms with Gasteiger partial charge in [0.15, 0.2) is 5.82 Å². The number of piperazine rings is 1. The SMILES string of the molecule is CCN(CC)c1nc(-c2ccc(C)c(C)c2)nc(N2CCN(c3ccccc3)CC2)n1. The quantitative estimate of drug-likeness (QED) is 0.596. The normalized spacial score (nSPS) is 14.1. The van der Waals surface area contributed by atoms with Gasteiger partial charge < -0.3 is 14.7 Å². The summed E-state index contributed by atoms with van der Waals surface area (Å²) in [4.78, 5) is 21.5. The van der Waals surface area contributed by atoms with E-state index >= 15 is 0 Å². The molecule has 0 amide bonds. The molecule has 6 heteroatoms. The second-order valence-corrected chi connectivity index (χ2v) is 8.04. The first-order chi connectivity index (χ1) is 15.1. The van der Waals surface area contributed by atoms with E-state index in [4.69, 9.17) is 15.0 Å². The van der Waals surface area contributed by atoms with Crippen LogP contribution >= 0.6 is 0 Å². The van der Waals surface area contributed by atoms with Crippen LogP contribution in [0.15, 0.2) is 48.5 Å². The number of hydrogen-bond acceptors (Lipinski definition) is 6. The Morgan fingerprint density at radius 3 is 2.10 bits per heavy atom. The predicted octanol–water partition coefficient (Wildman–Crippen LogP) is 4.33. The minimum Gasteiger partial charge on any atom is -0.368 e. The van der Waals surface area contributed by atoms with E-state index in [-0.39, 0.29) is 0 Å². The van der Waals surface area contributed by atoms with E-state index in [9.17, 15) is 0 Å². The maximum absolute atomic E-state index is 4.91. The van der Waals surface area contributed by atoms with Crippen LogP contribution in [0, 0.1) is 13.8 Å². The van der Waals surface area contributed by atoms with Crippen LogP contribution in [0.25, 0.3) is 11.4 Å². The number of benzene rings is 2. The molecule has 1 aliphatic rings. The number of para-hydroxylation sites is 1. The summed E-state index contributed by atoms with van der Waals surface area (Å²) in [5.41, 5.74) is 4.85. The first-order valence-electron chi connectivity index (χ1n) is 11.2. The molecule has 1 aliphatic heterocycles. The van der Waals surface area contributed by atoms with Gasteiger partial charge in [0.1, 0.15) is 0 Å². The van der Waals surface area contributed by atoms with Crippen LogP contribution in [0.2, 0.25) is 0 Å². The molecular formula is C25H32N6. The summed E-state index contributed by atoms with van der Waals surface area (Å²) in [5.74, 6) is 2.28. The molecule has 162 valence electrons. The van der Waals surface area contributed by atoms with Gasteiger partial charge in [-0.05, 0) is 57.0 Å². The van der Waals surface area contributed by atoms with E-state index in [2.05, 4.69) is 90.9 Å². The van der Waals surface area contributed by atoms with Crippen LogP contribution < -0.4 is 14.7 Å². The zero-order valence-corrected chi connectivity index (χ0v) is 19.0. The summed E-state index contributed by atoms with van der Waals surface area (Å²) in [6.45, 7) is 14.0. The summed E-state index contributed by atoms with van der Waals surface area (Å²) in [6, 6.07) is 17.0. The Morgan fingerprint density at radius 1 is 0.774 bits per heavy atom. The van der Waals surface area contributed by atoms with Gasteiger partial charge in [-0.3, -0.25) is 0 Å². The van der Waals surface area contributed by atoms with Crippen LogP contribution in [0.3, 0.4) is 0 Å². The van der Waals surface area contributed by atoms with Gasteiger partial charge in [0.05, 0.1) is 0 Å². The Hall–Kier alpha value is -3.15. The molecule has 1 fully saturated rings. The van der Waals surface area contributed by atoms with E-state index in [0.717, 1.165) is 62.6 Å². The molecule has 4 rings (SSSR count). The Balaban J connectivity index is 1.63. The molecule has 2 heterocycles. The molecule has 0 atom stereocenters. The number of rotatable bonds is 6. The molecule has 6 nitrogen and oxygen atoms in total. The van der Waals surface area contributed by atoms with Crippen LogP contribution in [0.4, 0.5) is 17.6 Å². The highest BCUT2D eigenvalue weighted by Gasteiger charge is 2.22. The summed E-state index contributed by atoms with van der Waals surface area (Å²) in [5, 5.41) is 0. The van der Waals surface area contributed by atoms with Crippen LogP contribution in [0.5, 0.6) is 0 Å². The average Bonchev–Trinajstić information content (AvgIpc) is 2.82. The fourth-order valence-corrected chi connectivity index (χ4v) is 3.96. The fraction of sp³-hybridized carbons (Fsp3) is 0.400. The first kappa shape index (κ1) is 21.1. The number of aromatic nitrogens is 3. The Labute approximate surface area is 185 Å². The van der Waals surface area contributed by atoms with Crippen molar-refractivity contribution >= 4 is 17.6 Å². The van der Waals surface area contributed by atoms with E-state index in [1.807, 2.05) is 0 Å². The van der Waals surface area contributed by atoms with Gasteiger partial charge >= 0.3 is 0 Å². The molecule has 2 aromatic carbocycles. The average molecular weight is 417 g/mol. The van der Waals surface area contributed by atoms with Crippen molar-refractivity contribution in [1.82, 2.24) is 15.0 Å². The van der Waals surface area contributed by atoms with Gasteiger partial charge in [-0.15, -0.1) is 0 Å². The fourth-order valence-electron chi connectivity index (χ4n) is 3.96. The minimum absolute atomic E-state index is 0.750. The van der Waals surface area contributed by atoms with Crippen molar-refractivity contribution in [3.63, 3.8) is 0 Å². The van der Waals surface area contributed by atoms with Gasteiger partial charge in [0.25, 0.3) is 0 Å². The molecule has 1 saturated heterocycles. The summed E-state index contributed by atoms with van der Waals surface area (Å²) in [6.07, 6.45) is 0. The van der Waals surface area contributed by atoms with Gasteiger partial charge in [-0.1, -0.05) is 30.3 Å². The van der Waals surface area contributed by atoms with Crippen molar-refractivity contribution in [2.45, 2.75) is 27.7 Å². The summed E-state index contributed by atoms with van der Waals surface area (Å²) >= 11 is 0. The number of nitrogens with zero attached hydrogens (tertiary/aromatic N) is 6. The molecule has 0 radical (unpaired) electrons. The minimum atomic E-state index is 0.750. The Kier molecular flexibility index (Phi) is 6.35. The van der Waals surface area contributed by atoms with Crippen molar-refractivity contribution in [1.29, 1.82) is 0 Å². The smallest absolute Gasteiger partial charge is 0.230 e. The maximum atomic E-state index is 4.91. The van der Waals surface area contributed by atoms with Crippen molar-refractivity contribution in [3.05, 3.63) is 59.7 Å². The molecule has 0 N–H and O–H groups in total. The van der Waals surface area contributed by atoms with E-state index in [0.29, 0.717) is 0 Å². The molecule has 1 aromatic heterocycles. The third-order valence-corrected chi connectivity index (χ3v) is 6.11. The lowest BCUT2D eigenvalue weighted by atomic mass is 10.1. The second kappa shape index (κ2) is 9.33. The van der Waals surface area contributed by atoms with Crippen molar-refractivity contribution < 1.29 is 0 Å². The third kappa shape index (κ3) is 4.63. The molecule has 31 heavy (non-hydrogen) atoms. The highest BCUT2D eigenvalue weighted by atomic mass is 15.4. The van der Waals surface area contributed by atoms with Gasteiger partial charge in [-0.2, -0.15) is 15.0 Å². The maximum Gasteiger partial charge on any atom is 0.230 e. The zero-order chi connectivity index (χ0) is 21.8. The summed E-state index contributed by atoms with van der Waals surface area (Å²) < 4.78 is 0. The Bertz CT molecular complexity index is 1010. The molecule has 0 bridgehead atoms. The standard InChI is InChI=1S/C25H32N6/c1-5-29(6-2)24-26-23(21-13-12-19(3)20(4)18-21)27-25(28-24)31-16-14-30(15-17-31)22-10-8-7-9-11-22/h7-13,18H,5-6,14-17H2,1-4H3. The van der Waals surface area contributed by atoms with E-state index in [1.54, 1.807) is 0 Å². The van der Waals surface area contributed by atoms with Crippen molar-refractivity contribution in [2.75, 3.05) is 54.0 Å². The molecular weight excluding hydrogens is 384 g/mol. The van der Waals surface area contributed by atoms with Gasteiger partial charge in [-0.25, -0.2) is 0 Å². The van der Waals surface area contributed by atoms with Crippen LogP contribution in [0.1, 0.15) is 25.0 Å². The Morgan fingerprint density at radius 2 is 1.45 bits per heavy atom. The van der Waals surface area contributed by atoms with E-state index < -0.39 is 0 Å². The lowest BCUT2D eigenvalue weighted by Gasteiger charge is -2.36. The molecule has 3 aromatic rings. The zero-order valence-electron chi connectivity index (χ0n) is 19.0. The molecule has 0 unspecified atom stereocenters. The topological polar surface area (TPSA) is 48.4 Å². The van der Waals surface area contributed by atoms with Crippen LogP contribution in [-0.4, -0.2) is 54.2 Å². The van der Waals surface area contributed by atoms with Gasteiger partial charge in [0, 0.05) is 50.5 Å². The second-order valence-electron chi connectivity index (χ2n) is 8.04. The largest absolute Gasteiger partial charge is 0.368 e. The third-order valence-electron chi connectivity index (χ3n) is 6.11. The monoisotopic (exact) mass is 416 g/mol. The molecule has 0 saturated carbocycles. The first-order valence-corrected chi connectivity index (χ1v) is 11.2. The number of anilines is 3. The van der Waals surface area contributed by atoms with Crippen molar-refractivity contribution in [3.8, 4) is 11.4 Å². The highest BCUT2D eigenvalue weighted by molar-refractivity contribution is 5.61. The molecule has 0 spiro atoms. The highest BCUT2D eigenvalue weighted by Crippen LogP contribution is 2.25. The summed E-state index contributed by atoms with van der Waals surface area (Å²) in [7, 11) is 0. The molecule has 0 aliphatic carbocycles.